The van der Waals surface area contributed by atoms with Crippen LogP contribution >= 0.6 is 0 Å². The van der Waals surface area contributed by atoms with E-state index in [1.807, 2.05) is 15.9 Å². The van der Waals surface area contributed by atoms with Gasteiger partial charge in [-0.05, 0) is 37.8 Å². The topological polar surface area (TPSA) is 23.6 Å². The maximum Gasteiger partial charge on any atom is 0.324 e. The number of carbonyl (C=O) groups excluding carboxylic acids is 1. The molecule has 3 heteroatoms. The van der Waals surface area contributed by atoms with Crippen molar-refractivity contribution in [1.82, 2.24) is 4.90 Å². The van der Waals surface area contributed by atoms with Crippen LogP contribution in [0.4, 0.5) is 10.5 Å². The second-order valence-electron chi connectivity index (χ2n) is 5.74. The van der Waals surface area contributed by atoms with Crippen LogP contribution in [0.5, 0.6) is 0 Å². The van der Waals surface area contributed by atoms with Crippen molar-refractivity contribution in [2.24, 2.45) is 0 Å². The van der Waals surface area contributed by atoms with Crippen molar-refractivity contribution in [3.05, 3.63) is 29.8 Å². The lowest BCUT2D eigenvalue weighted by molar-refractivity contribution is 0.205. The first kappa shape index (κ1) is 12.5. The molecule has 0 aliphatic carbocycles. The van der Waals surface area contributed by atoms with Crippen molar-refractivity contribution in [1.29, 1.82) is 0 Å². The summed E-state index contributed by atoms with van der Waals surface area (Å²) in [6.45, 7) is 3.99. The van der Waals surface area contributed by atoms with Gasteiger partial charge in [0.2, 0.25) is 0 Å². The molecule has 0 bridgehead atoms. The number of anilines is 1. The van der Waals surface area contributed by atoms with Crippen molar-refractivity contribution in [2.75, 3.05) is 18.0 Å². The second-order valence-corrected chi connectivity index (χ2v) is 5.74. The molecule has 2 heterocycles. The molecule has 0 N–H and O–H groups in total. The molecule has 1 aromatic rings. The molecule has 0 spiro atoms. The fourth-order valence-electron chi connectivity index (χ4n) is 3.27. The Balaban J connectivity index is 1.83. The maximum atomic E-state index is 12.8. The lowest BCUT2D eigenvalue weighted by Crippen LogP contribution is -2.46. The van der Waals surface area contributed by atoms with Gasteiger partial charge in [-0.15, -0.1) is 0 Å². The fourth-order valence-corrected chi connectivity index (χ4v) is 3.27. The third kappa shape index (κ3) is 2.34. The zero-order chi connectivity index (χ0) is 13.2. The van der Waals surface area contributed by atoms with Gasteiger partial charge in [0, 0.05) is 24.8 Å². The molecule has 2 aliphatic heterocycles. The van der Waals surface area contributed by atoms with Gasteiger partial charge in [0.05, 0.1) is 0 Å². The summed E-state index contributed by atoms with van der Waals surface area (Å²) in [5, 5.41) is 0. The zero-order valence-electron chi connectivity index (χ0n) is 11.6. The minimum atomic E-state index is 0.208. The molecule has 1 aromatic carbocycles. The number of carbonyl (C=O) groups is 1. The van der Waals surface area contributed by atoms with Gasteiger partial charge in [-0.3, -0.25) is 4.90 Å². The number of benzene rings is 1. The Morgan fingerprint density at radius 2 is 1.79 bits per heavy atom. The van der Waals surface area contributed by atoms with Gasteiger partial charge in [0.1, 0.15) is 0 Å². The molecule has 0 saturated carbocycles. The molecule has 0 radical (unpaired) electrons. The van der Waals surface area contributed by atoms with Crippen LogP contribution in [0.15, 0.2) is 24.3 Å². The van der Waals surface area contributed by atoms with Crippen LogP contribution in [0, 0.1) is 0 Å². The van der Waals surface area contributed by atoms with E-state index in [2.05, 4.69) is 25.1 Å². The van der Waals surface area contributed by atoms with Crippen LogP contribution in [0.1, 0.15) is 38.2 Å². The molecule has 3 nitrogen and oxygen atoms in total. The fraction of sp³-hybridized carbons (Fsp3) is 0.562. The van der Waals surface area contributed by atoms with Gasteiger partial charge in [0.25, 0.3) is 0 Å². The summed E-state index contributed by atoms with van der Waals surface area (Å²) in [5.74, 6) is 0. The van der Waals surface area contributed by atoms with E-state index in [0.717, 1.165) is 38.0 Å². The quantitative estimate of drug-likeness (QED) is 0.699. The SMILES string of the molecule is CC1Cc2ccccc2N1C(=O)N1CCCCCC1. The van der Waals surface area contributed by atoms with Crippen molar-refractivity contribution < 1.29 is 4.79 Å². The number of para-hydroxylation sites is 1. The molecule has 1 atom stereocenters. The van der Waals surface area contributed by atoms with Crippen molar-refractivity contribution in [2.45, 2.75) is 45.1 Å². The molecule has 1 saturated heterocycles. The molecule has 0 aromatic heterocycles. The van der Waals surface area contributed by atoms with E-state index < -0.39 is 0 Å². The smallest absolute Gasteiger partial charge is 0.324 e. The van der Waals surface area contributed by atoms with Crippen LogP contribution in [0.3, 0.4) is 0 Å². The second kappa shape index (κ2) is 5.24. The highest BCUT2D eigenvalue weighted by Gasteiger charge is 2.33. The number of hydrogen-bond donors (Lipinski definition) is 0. The first-order valence-electron chi connectivity index (χ1n) is 7.43. The van der Waals surface area contributed by atoms with Gasteiger partial charge >= 0.3 is 6.03 Å². The van der Waals surface area contributed by atoms with Gasteiger partial charge in [0.15, 0.2) is 0 Å². The monoisotopic (exact) mass is 258 g/mol. The number of fused-ring (bicyclic) bond motifs is 1. The van der Waals surface area contributed by atoms with Gasteiger partial charge in [-0.25, -0.2) is 4.79 Å². The minimum absolute atomic E-state index is 0.208. The summed E-state index contributed by atoms with van der Waals surface area (Å²) >= 11 is 0. The number of amides is 2. The Labute approximate surface area is 115 Å². The van der Waals surface area contributed by atoms with E-state index in [1.165, 1.54) is 18.4 Å². The predicted octanol–water partition coefficient (Wildman–Crippen LogP) is 3.43. The molecule has 1 fully saturated rings. The number of urea groups is 1. The number of rotatable bonds is 0. The number of likely N-dealkylation sites (tertiary alicyclic amines) is 1. The number of hydrogen-bond acceptors (Lipinski definition) is 1. The van der Waals surface area contributed by atoms with Crippen molar-refractivity contribution >= 4 is 11.7 Å². The van der Waals surface area contributed by atoms with Gasteiger partial charge in [-0.1, -0.05) is 31.0 Å². The van der Waals surface area contributed by atoms with Crippen LogP contribution in [-0.4, -0.2) is 30.1 Å². The predicted molar refractivity (Wildman–Crippen MR) is 77.5 cm³/mol. The first-order chi connectivity index (χ1) is 9.27. The lowest BCUT2D eigenvalue weighted by Gasteiger charge is -2.30. The Kier molecular flexibility index (Phi) is 3.45. The van der Waals surface area contributed by atoms with Crippen LogP contribution in [-0.2, 0) is 6.42 Å². The largest absolute Gasteiger partial charge is 0.324 e. The molecule has 19 heavy (non-hydrogen) atoms. The summed E-state index contributed by atoms with van der Waals surface area (Å²) in [4.78, 5) is 16.8. The molecule has 2 aliphatic rings. The normalized spacial score (nSPS) is 23.1. The molecule has 1 unspecified atom stereocenters. The highest BCUT2D eigenvalue weighted by Crippen LogP contribution is 2.32. The van der Waals surface area contributed by atoms with Crippen LogP contribution < -0.4 is 4.90 Å². The highest BCUT2D eigenvalue weighted by molar-refractivity contribution is 5.95. The molecule has 3 rings (SSSR count). The standard InChI is InChI=1S/C16H22N2O/c1-13-12-14-8-4-5-9-15(14)18(13)16(19)17-10-6-2-3-7-11-17/h4-5,8-9,13H,2-3,6-7,10-12H2,1H3. The Morgan fingerprint density at radius 3 is 2.53 bits per heavy atom. The van der Waals surface area contributed by atoms with E-state index >= 15 is 0 Å². The molecular formula is C16H22N2O. The Morgan fingerprint density at radius 1 is 1.11 bits per heavy atom. The van der Waals surface area contributed by atoms with E-state index in [1.54, 1.807) is 0 Å². The van der Waals surface area contributed by atoms with Gasteiger partial charge in [-0.2, -0.15) is 0 Å². The van der Waals surface area contributed by atoms with E-state index in [-0.39, 0.29) is 12.1 Å². The van der Waals surface area contributed by atoms with E-state index in [9.17, 15) is 4.79 Å². The molecular weight excluding hydrogens is 236 g/mol. The van der Waals surface area contributed by atoms with Gasteiger partial charge < -0.3 is 4.90 Å². The zero-order valence-corrected chi connectivity index (χ0v) is 11.6. The number of nitrogens with zero attached hydrogens (tertiary/aromatic N) is 2. The average Bonchev–Trinajstić information content (AvgIpc) is 2.61. The third-order valence-electron chi connectivity index (χ3n) is 4.29. The lowest BCUT2D eigenvalue weighted by atomic mass is 10.1. The summed E-state index contributed by atoms with van der Waals surface area (Å²) < 4.78 is 0. The summed E-state index contributed by atoms with van der Waals surface area (Å²) in [6.07, 6.45) is 5.80. The van der Waals surface area contributed by atoms with Crippen LogP contribution in [0.25, 0.3) is 0 Å². The Hall–Kier alpha value is -1.51. The maximum absolute atomic E-state index is 12.8. The highest BCUT2D eigenvalue weighted by atomic mass is 16.2. The first-order valence-corrected chi connectivity index (χ1v) is 7.43. The van der Waals surface area contributed by atoms with E-state index in [4.69, 9.17) is 0 Å². The molecule has 2 amide bonds. The summed E-state index contributed by atoms with van der Waals surface area (Å²) in [7, 11) is 0. The van der Waals surface area contributed by atoms with Crippen LogP contribution in [0.2, 0.25) is 0 Å². The third-order valence-corrected chi connectivity index (χ3v) is 4.29. The minimum Gasteiger partial charge on any atom is -0.324 e. The van der Waals surface area contributed by atoms with Crippen molar-refractivity contribution in [3.63, 3.8) is 0 Å². The van der Waals surface area contributed by atoms with E-state index in [0.29, 0.717) is 0 Å². The molecule has 102 valence electrons. The summed E-state index contributed by atoms with van der Waals surface area (Å²) in [6, 6.07) is 8.80. The Bertz CT molecular complexity index is 464. The van der Waals surface area contributed by atoms with Crippen molar-refractivity contribution in [3.8, 4) is 0 Å². The summed E-state index contributed by atoms with van der Waals surface area (Å²) in [5.41, 5.74) is 2.42. The average molecular weight is 258 g/mol.